The van der Waals surface area contributed by atoms with E-state index >= 15 is 0 Å². The fourth-order valence-electron chi connectivity index (χ4n) is 1.53. The Bertz CT molecular complexity index is 643. The van der Waals surface area contributed by atoms with E-state index in [1.807, 2.05) is 0 Å². The summed E-state index contributed by atoms with van der Waals surface area (Å²) in [6.07, 6.45) is 0. The standard InChI is InChI=1S/C13H6F5NS/c14-7-1-6(2-8(15)3-7)13(20)19-12-10(17)4-9(16)5-11(12)18/h1-5H,(H,19,20). The summed E-state index contributed by atoms with van der Waals surface area (Å²) >= 11 is 4.80. The fourth-order valence-corrected chi connectivity index (χ4v) is 1.75. The van der Waals surface area contributed by atoms with Crippen LogP contribution in [-0.2, 0) is 0 Å². The second kappa shape index (κ2) is 5.54. The maximum atomic E-state index is 13.4. The number of thiocarbonyl (C=S) groups is 1. The minimum Gasteiger partial charge on any atom is -0.341 e. The van der Waals surface area contributed by atoms with Crippen LogP contribution >= 0.6 is 12.2 Å². The maximum Gasteiger partial charge on any atom is 0.152 e. The molecule has 0 aromatic heterocycles. The number of hydrogen-bond acceptors (Lipinski definition) is 1. The van der Waals surface area contributed by atoms with E-state index in [1.165, 1.54) is 0 Å². The van der Waals surface area contributed by atoms with Crippen molar-refractivity contribution in [3.63, 3.8) is 0 Å². The van der Waals surface area contributed by atoms with Crippen molar-refractivity contribution < 1.29 is 22.0 Å². The Labute approximate surface area is 116 Å². The summed E-state index contributed by atoms with van der Waals surface area (Å²) in [5.41, 5.74) is -0.790. The minimum absolute atomic E-state index is 0.0966. The lowest BCUT2D eigenvalue weighted by atomic mass is 10.2. The fraction of sp³-hybridized carbons (Fsp3) is 0. The van der Waals surface area contributed by atoms with E-state index in [0.717, 1.165) is 12.1 Å². The Hall–Kier alpha value is -2.02. The zero-order valence-electron chi connectivity index (χ0n) is 9.68. The molecular weight excluding hydrogens is 297 g/mol. The van der Waals surface area contributed by atoms with E-state index in [1.54, 1.807) is 0 Å². The molecule has 1 N–H and O–H groups in total. The number of hydrogen-bond donors (Lipinski definition) is 1. The molecule has 0 atom stereocenters. The molecule has 1 nitrogen and oxygen atoms in total. The van der Waals surface area contributed by atoms with Gasteiger partial charge in [-0.2, -0.15) is 0 Å². The zero-order chi connectivity index (χ0) is 14.9. The van der Waals surface area contributed by atoms with Crippen LogP contribution in [0.5, 0.6) is 0 Å². The van der Waals surface area contributed by atoms with Gasteiger partial charge in [0.25, 0.3) is 0 Å². The molecule has 0 saturated heterocycles. The molecule has 20 heavy (non-hydrogen) atoms. The third-order valence-electron chi connectivity index (χ3n) is 2.37. The smallest absolute Gasteiger partial charge is 0.152 e. The van der Waals surface area contributed by atoms with Crippen molar-refractivity contribution >= 4 is 22.9 Å². The largest absolute Gasteiger partial charge is 0.341 e. The van der Waals surface area contributed by atoms with Gasteiger partial charge in [0.2, 0.25) is 0 Å². The van der Waals surface area contributed by atoms with Crippen LogP contribution in [0.3, 0.4) is 0 Å². The van der Waals surface area contributed by atoms with Gasteiger partial charge < -0.3 is 5.32 Å². The molecule has 0 unspecified atom stereocenters. The van der Waals surface area contributed by atoms with Gasteiger partial charge in [0, 0.05) is 23.8 Å². The average Bonchev–Trinajstić information content (AvgIpc) is 2.32. The molecule has 104 valence electrons. The van der Waals surface area contributed by atoms with E-state index in [-0.39, 0.29) is 10.6 Å². The van der Waals surface area contributed by atoms with Gasteiger partial charge in [-0.05, 0) is 12.1 Å². The van der Waals surface area contributed by atoms with Crippen molar-refractivity contribution in [1.29, 1.82) is 0 Å². The van der Waals surface area contributed by atoms with Crippen LogP contribution in [0.25, 0.3) is 0 Å². The van der Waals surface area contributed by atoms with E-state index in [9.17, 15) is 22.0 Å². The number of rotatable bonds is 2. The molecule has 0 aliphatic heterocycles. The Kier molecular flexibility index (Phi) is 3.99. The second-order valence-electron chi connectivity index (χ2n) is 3.86. The van der Waals surface area contributed by atoms with E-state index in [4.69, 9.17) is 12.2 Å². The molecule has 2 aromatic rings. The number of halogens is 5. The first kappa shape index (κ1) is 14.4. The summed E-state index contributed by atoms with van der Waals surface area (Å²) in [6, 6.07) is 3.35. The van der Waals surface area contributed by atoms with Crippen molar-refractivity contribution in [3.8, 4) is 0 Å². The molecule has 0 fully saturated rings. The van der Waals surface area contributed by atoms with Gasteiger partial charge >= 0.3 is 0 Å². The number of benzene rings is 2. The highest BCUT2D eigenvalue weighted by Gasteiger charge is 2.14. The number of anilines is 1. The molecule has 7 heteroatoms. The number of nitrogens with one attached hydrogen (secondary N) is 1. The quantitative estimate of drug-likeness (QED) is 0.660. The normalized spacial score (nSPS) is 10.4. The van der Waals surface area contributed by atoms with Crippen molar-refractivity contribution in [2.75, 3.05) is 5.32 Å². The molecule has 0 aliphatic carbocycles. The maximum absolute atomic E-state index is 13.4. The zero-order valence-corrected chi connectivity index (χ0v) is 10.5. The second-order valence-corrected chi connectivity index (χ2v) is 4.26. The van der Waals surface area contributed by atoms with E-state index in [2.05, 4.69) is 5.32 Å². The molecule has 0 saturated carbocycles. The molecule has 0 spiro atoms. The predicted octanol–water partition coefficient (Wildman–Crippen LogP) is 4.17. The lowest BCUT2D eigenvalue weighted by Gasteiger charge is -2.10. The summed E-state index contributed by atoms with van der Waals surface area (Å²) < 4.78 is 65.6. The Balaban J connectivity index is 2.32. The van der Waals surface area contributed by atoms with Crippen molar-refractivity contribution in [2.45, 2.75) is 0 Å². The van der Waals surface area contributed by atoms with Crippen LogP contribution in [-0.4, -0.2) is 4.99 Å². The lowest BCUT2D eigenvalue weighted by molar-refractivity contribution is 0.549. The minimum atomic E-state index is -1.21. The van der Waals surface area contributed by atoms with Crippen LogP contribution in [0.15, 0.2) is 30.3 Å². The molecule has 0 aliphatic rings. The summed E-state index contributed by atoms with van der Waals surface area (Å²) in [5.74, 6) is -5.27. The van der Waals surface area contributed by atoms with Crippen LogP contribution in [0.2, 0.25) is 0 Å². The van der Waals surface area contributed by atoms with Gasteiger partial charge in [0.1, 0.15) is 28.1 Å². The third-order valence-corrected chi connectivity index (χ3v) is 2.71. The first-order valence-electron chi connectivity index (χ1n) is 5.29. The first-order chi connectivity index (χ1) is 9.36. The lowest BCUT2D eigenvalue weighted by Crippen LogP contribution is -2.14. The molecule has 0 radical (unpaired) electrons. The highest BCUT2D eigenvalue weighted by atomic mass is 32.1. The Morgan fingerprint density at radius 3 is 1.70 bits per heavy atom. The van der Waals surface area contributed by atoms with E-state index in [0.29, 0.717) is 18.2 Å². The van der Waals surface area contributed by atoms with E-state index < -0.39 is 34.8 Å². The van der Waals surface area contributed by atoms with Crippen LogP contribution in [0.4, 0.5) is 27.6 Å². The van der Waals surface area contributed by atoms with Crippen molar-refractivity contribution in [2.24, 2.45) is 0 Å². The SMILES string of the molecule is Fc1cc(F)cc(C(=S)Nc2c(F)cc(F)cc2F)c1. The van der Waals surface area contributed by atoms with Gasteiger partial charge in [-0.25, -0.2) is 22.0 Å². The molecule has 2 aromatic carbocycles. The molecule has 0 bridgehead atoms. The van der Waals surface area contributed by atoms with Gasteiger partial charge in [0.05, 0.1) is 0 Å². The Morgan fingerprint density at radius 1 is 0.750 bits per heavy atom. The van der Waals surface area contributed by atoms with Crippen LogP contribution < -0.4 is 5.32 Å². The first-order valence-corrected chi connectivity index (χ1v) is 5.69. The predicted molar refractivity (Wildman–Crippen MR) is 68.0 cm³/mol. The molecule has 0 amide bonds. The topological polar surface area (TPSA) is 12.0 Å². The average molecular weight is 303 g/mol. The van der Waals surface area contributed by atoms with Gasteiger partial charge in [-0.1, -0.05) is 12.2 Å². The summed E-state index contributed by atoms with van der Waals surface area (Å²) in [5, 5.41) is 2.16. The Morgan fingerprint density at radius 2 is 1.20 bits per heavy atom. The highest BCUT2D eigenvalue weighted by molar-refractivity contribution is 7.81. The van der Waals surface area contributed by atoms with Crippen molar-refractivity contribution in [1.82, 2.24) is 0 Å². The summed E-state index contributed by atoms with van der Waals surface area (Å²) in [7, 11) is 0. The molecule has 2 rings (SSSR count). The van der Waals surface area contributed by atoms with Gasteiger partial charge in [-0.15, -0.1) is 0 Å². The monoisotopic (exact) mass is 303 g/mol. The highest BCUT2D eigenvalue weighted by Crippen LogP contribution is 2.21. The summed E-state index contributed by atoms with van der Waals surface area (Å²) in [6.45, 7) is 0. The summed E-state index contributed by atoms with van der Waals surface area (Å²) in [4.78, 5) is -0.298. The van der Waals surface area contributed by atoms with Gasteiger partial charge in [-0.3, -0.25) is 0 Å². The van der Waals surface area contributed by atoms with Gasteiger partial charge in [0.15, 0.2) is 11.6 Å². The van der Waals surface area contributed by atoms with Crippen LogP contribution in [0, 0.1) is 29.1 Å². The molecule has 0 heterocycles. The third kappa shape index (κ3) is 3.11. The van der Waals surface area contributed by atoms with Crippen LogP contribution in [0.1, 0.15) is 5.56 Å². The van der Waals surface area contributed by atoms with Crippen molar-refractivity contribution in [3.05, 3.63) is 65.0 Å². The molecular formula is C13H6F5NS.